The van der Waals surface area contributed by atoms with Crippen LogP contribution in [0, 0.1) is 0 Å². The Morgan fingerprint density at radius 2 is 1.86 bits per heavy atom. The first-order valence-corrected chi connectivity index (χ1v) is 7.42. The van der Waals surface area contributed by atoms with Crippen LogP contribution in [0.5, 0.6) is 5.75 Å². The second-order valence-corrected chi connectivity index (χ2v) is 4.80. The molecule has 22 heavy (non-hydrogen) atoms. The van der Waals surface area contributed by atoms with Gasteiger partial charge in [-0.2, -0.15) is 0 Å². The minimum absolute atomic E-state index is 0.106. The molecule has 0 saturated heterocycles. The first kappa shape index (κ1) is 16.0. The van der Waals surface area contributed by atoms with E-state index in [2.05, 4.69) is 10.2 Å². The number of rotatable bonds is 7. The topological polar surface area (TPSA) is 68.5 Å². The molecule has 0 radical (unpaired) electrons. The van der Waals surface area contributed by atoms with E-state index in [0.717, 1.165) is 24.4 Å². The van der Waals surface area contributed by atoms with Crippen molar-refractivity contribution in [3.8, 4) is 17.2 Å². The van der Waals surface area contributed by atoms with Crippen LogP contribution >= 0.6 is 0 Å². The summed E-state index contributed by atoms with van der Waals surface area (Å²) in [6.45, 7) is 5.37. The van der Waals surface area contributed by atoms with Gasteiger partial charge in [0.15, 0.2) is 0 Å². The molecule has 0 atom stereocenters. The molecular weight excluding hydrogens is 282 g/mol. The van der Waals surface area contributed by atoms with Crippen molar-refractivity contribution in [3.05, 3.63) is 30.2 Å². The highest BCUT2D eigenvalue weighted by Crippen LogP contribution is 2.21. The van der Waals surface area contributed by atoms with E-state index in [9.17, 15) is 4.79 Å². The van der Waals surface area contributed by atoms with Crippen LogP contribution in [0.15, 0.2) is 28.7 Å². The molecule has 0 aliphatic rings. The molecule has 1 aromatic carbocycles. The standard InChI is InChI=1S/C16H21N3O3/c1-4-19(5-2)15(20)11-10-14-17-18-16(22-14)12-6-8-13(21-3)9-7-12/h6-9H,4-5,10-11H2,1-3H3. The lowest BCUT2D eigenvalue weighted by Gasteiger charge is -2.17. The summed E-state index contributed by atoms with van der Waals surface area (Å²) < 4.78 is 10.7. The number of carbonyl (C=O) groups is 1. The SMILES string of the molecule is CCN(CC)C(=O)CCc1nnc(-c2ccc(OC)cc2)o1. The fourth-order valence-electron chi connectivity index (χ4n) is 2.15. The van der Waals surface area contributed by atoms with E-state index in [0.29, 0.717) is 24.6 Å². The van der Waals surface area contributed by atoms with Crippen molar-refractivity contribution in [1.29, 1.82) is 0 Å². The Labute approximate surface area is 130 Å². The van der Waals surface area contributed by atoms with Crippen molar-refractivity contribution in [2.75, 3.05) is 20.2 Å². The van der Waals surface area contributed by atoms with Gasteiger partial charge in [-0.3, -0.25) is 4.79 Å². The van der Waals surface area contributed by atoms with Crippen LogP contribution in [0.2, 0.25) is 0 Å². The number of carbonyl (C=O) groups excluding carboxylic acids is 1. The number of hydrogen-bond acceptors (Lipinski definition) is 5. The van der Waals surface area contributed by atoms with E-state index in [1.165, 1.54) is 0 Å². The van der Waals surface area contributed by atoms with Crippen molar-refractivity contribution < 1.29 is 13.9 Å². The number of aromatic nitrogens is 2. The quantitative estimate of drug-likeness (QED) is 0.786. The molecule has 2 aromatic rings. The molecule has 1 heterocycles. The third-order valence-corrected chi connectivity index (χ3v) is 3.47. The van der Waals surface area contributed by atoms with Gasteiger partial charge >= 0.3 is 0 Å². The lowest BCUT2D eigenvalue weighted by Crippen LogP contribution is -2.30. The average Bonchev–Trinajstić information content (AvgIpc) is 3.03. The Balaban J connectivity index is 1.97. The monoisotopic (exact) mass is 303 g/mol. The molecule has 0 N–H and O–H groups in total. The first-order chi connectivity index (χ1) is 10.7. The van der Waals surface area contributed by atoms with E-state index in [4.69, 9.17) is 9.15 Å². The van der Waals surface area contributed by atoms with E-state index in [-0.39, 0.29) is 5.91 Å². The average molecular weight is 303 g/mol. The molecule has 6 heteroatoms. The van der Waals surface area contributed by atoms with Gasteiger partial charge in [0.25, 0.3) is 0 Å². The highest BCUT2D eigenvalue weighted by Gasteiger charge is 2.13. The maximum absolute atomic E-state index is 11.9. The van der Waals surface area contributed by atoms with Gasteiger partial charge in [-0.25, -0.2) is 0 Å². The summed E-state index contributed by atoms with van der Waals surface area (Å²) in [7, 11) is 1.62. The third kappa shape index (κ3) is 3.84. The van der Waals surface area contributed by atoms with Gasteiger partial charge in [-0.05, 0) is 38.1 Å². The summed E-state index contributed by atoms with van der Waals surface area (Å²) in [5.41, 5.74) is 0.828. The van der Waals surface area contributed by atoms with Gasteiger partial charge in [0.1, 0.15) is 5.75 Å². The summed E-state index contributed by atoms with van der Waals surface area (Å²) in [6.07, 6.45) is 0.838. The van der Waals surface area contributed by atoms with Crippen LogP contribution in [0.25, 0.3) is 11.5 Å². The lowest BCUT2D eigenvalue weighted by molar-refractivity contribution is -0.130. The van der Waals surface area contributed by atoms with Crippen molar-refractivity contribution in [2.45, 2.75) is 26.7 Å². The molecule has 0 aliphatic carbocycles. The zero-order valence-electron chi connectivity index (χ0n) is 13.2. The zero-order valence-corrected chi connectivity index (χ0v) is 13.2. The minimum Gasteiger partial charge on any atom is -0.497 e. The Morgan fingerprint density at radius 3 is 2.45 bits per heavy atom. The second kappa shape index (κ2) is 7.59. The van der Waals surface area contributed by atoms with Crippen LogP contribution in [0.1, 0.15) is 26.2 Å². The van der Waals surface area contributed by atoms with Crippen molar-refractivity contribution >= 4 is 5.91 Å². The Kier molecular flexibility index (Phi) is 5.52. The molecule has 6 nitrogen and oxygen atoms in total. The van der Waals surface area contributed by atoms with Crippen molar-refractivity contribution in [1.82, 2.24) is 15.1 Å². The molecule has 0 spiro atoms. The normalized spacial score (nSPS) is 10.5. The number of benzene rings is 1. The molecular formula is C16H21N3O3. The van der Waals surface area contributed by atoms with Gasteiger partial charge < -0.3 is 14.1 Å². The van der Waals surface area contributed by atoms with E-state index in [1.54, 1.807) is 12.0 Å². The maximum atomic E-state index is 11.9. The summed E-state index contributed by atoms with van der Waals surface area (Å²) in [4.78, 5) is 13.7. The van der Waals surface area contributed by atoms with E-state index >= 15 is 0 Å². The Bertz CT molecular complexity index is 603. The van der Waals surface area contributed by atoms with E-state index < -0.39 is 0 Å². The number of aryl methyl sites for hydroxylation is 1. The second-order valence-electron chi connectivity index (χ2n) is 4.80. The van der Waals surface area contributed by atoms with Crippen molar-refractivity contribution in [3.63, 3.8) is 0 Å². The predicted molar refractivity (Wildman–Crippen MR) is 82.5 cm³/mol. The summed E-state index contributed by atoms with van der Waals surface area (Å²) in [5, 5.41) is 8.02. The molecule has 1 aromatic heterocycles. The Hall–Kier alpha value is -2.37. The van der Waals surface area contributed by atoms with E-state index in [1.807, 2.05) is 38.1 Å². The third-order valence-electron chi connectivity index (χ3n) is 3.47. The molecule has 2 rings (SSSR count). The van der Waals surface area contributed by atoms with Gasteiger partial charge in [0.2, 0.25) is 17.7 Å². The van der Waals surface area contributed by atoms with Gasteiger partial charge in [0.05, 0.1) is 7.11 Å². The van der Waals surface area contributed by atoms with Crippen LogP contribution in [0.3, 0.4) is 0 Å². The smallest absolute Gasteiger partial charge is 0.247 e. The number of methoxy groups -OCH3 is 1. The fourth-order valence-corrected chi connectivity index (χ4v) is 2.15. The highest BCUT2D eigenvalue weighted by molar-refractivity contribution is 5.76. The summed E-state index contributed by atoms with van der Waals surface area (Å²) >= 11 is 0. The minimum atomic E-state index is 0.106. The Morgan fingerprint density at radius 1 is 1.18 bits per heavy atom. The van der Waals surface area contributed by atoms with Crippen LogP contribution in [0.4, 0.5) is 0 Å². The fraction of sp³-hybridized carbons (Fsp3) is 0.438. The summed E-state index contributed by atoms with van der Waals surface area (Å²) in [6, 6.07) is 7.39. The van der Waals surface area contributed by atoms with Gasteiger partial charge in [0, 0.05) is 31.5 Å². The van der Waals surface area contributed by atoms with Crippen molar-refractivity contribution in [2.24, 2.45) is 0 Å². The number of hydrogen-bond donors (Lipinski definition) is 0. The first-order valence-electron chi connectivity index (χ1n) is 7.42. The molecule has 0 saturated carbocycles. The molecule has 0 unspecified atom stereocenters. The van der Waals surface area contributed by atoms with Gasteiger partial charge in [-0.1, -0.05) is 0 Å². The molecule has 0 fully saturated rings. The van der Waals surface area contributed by atoms with Gasteiger partial charge in [-0.15, -0.1) is 10.2 Å². The molecule has 118 valence electrons. The maximum Gasteiger partial charge on any atom is 0.247 e. The predicted octanol–water partition coefficient (Wildman–Crippen LogP) is 2.55. The van der Waals surface area contributed by atoms with Crippen LogP contribution in [-0.2, 0) is 11.2 Å². The number of nitrogens with zero attached hydrogens (tertiary/aromatic N) is 3. The lowest BCUT2D eigenvalue weighted by atomic mass is 10.2. The zero-order chi connectivity index (χ0) is 15.9. The number of ether oxygens (including phenoxy) is 1. The number of amides is 1. The molecule has 0 aliphatic heterocycles. The largest absolute Gasteiger partial charge is 0.497 e. The molecule has 1 amide bonds. The van der Waals surface area contributed by atoms with Crippen LogP contribution in [-0.4, -0.2) is 41.2 Å². The summed E-state index contributed by atoms with van der Waals surface area (Å²) in [5.74, 6) is 1.81. The molecule has 0 bridgehead atoms. The highest BCUT2D eigenvalue weighted by atomic mass is 16.5. The van der Waals surface area contributed by atoms with Crippen LogP contribution < -0.4 is 4.74 Å².